The number of nitrogens with one attached hydrogen (secondary N) is 1. The SMILES string of the molecule is CCOCc1cc(N2CCN(CCC3CC(NC(C)=O)C3)CC2)nc(C(C)(C)C)n1. The van der Waals surface area contributed by atoms with Crippen molar-refractivity contribution in [2.75, 3.05) is 44.2 Å². The molecule has 1 N–H and O–H groups in total. The van der Waals surface area contributed by atoms with Crippen molar-refractivity contribution < 1.29 is 9.53 Å². The summed E-state index contributed by atoms with van der Waals surface area (Å²) < 4.78 is 5.61. The highest BCUT2D eigenvalue weighted by Gasteiger charge is 2.30. The number of nitrogens with zero attached hydrogens (tertiary/aromatic N) is 4. The third-order valence-electron chi connectivity index (χ3n) is 6.08. The zero-order valence-electron chi connectivity index (χ0n) is 19.4. The zero-order chi connectivity index (χ0) is 21.7. The molecule has 30 heavy (non-hydrogen) atoms. The minimum absolute atomic E-state index is 0.0866. The lowest BCUT2D eigenvalue weighted by Gasteiger charge is -2.39. The van der Waals surface area contributed by atoms with Gasteiger partial charge in [0, 0.05) is 57.2 Å². The molecule has 0 atom stereocenters. The second-order valence-electron chi connectivity index (χ2n) is 9.78. The summed E-state index contributed by atoms with van der Waals surface area (Å²) in [5, 5.41) is 3.02. The molecule has 7 nitrogen and oxygen atoms in total. The van der Waals surface area contributed by atoms with Gasteiger partial charge in [-0.05, 0) is 38.6 Å². The fourth-order valence-electron chi connectivity index (χ4n) is 4.20. The van der Waals surface area contributed by atoms with E-state index in [0.29, 0.717) is 19.3 Å². The van der Waals surface area contributed by atoms with Gasteiger partial charge >= 0.3 is 0 Å². The van der Waals surface area contributed by atoms with Crippen molar-refractivity contribution in [3.63, 3.8) is 0 Å². The van der Waals surface area contributed by atoms with Crippen LogP contribution in [0.5, 0.6) is 0 Å². The lowest BCUT2D eigenvalue weighted by molar-refractivity contribution is -0.120. The van der Waals surface area contributed by atoms with Crippen LogP contribution in [0.15, 0.2) is 6.07 Å². The molecule has 168 valence electrons. The minimum Gasteiger partial charge on any atom is -0.375 e. The van der Waals surface area contributed by atoms with Gasteiger partial charge in [0.25, 0.3) is 0 Å². The number of carbonyl (C=O) groups is 1. The average Bonchev–Trinajstić information content (AvgIpc) is 2.67. The van der Waals surface area contributed by atoms with Crippen LogP contribution >= 0.6 is 0 Å². The molecule has 1 aromatic heterocycles. The Morgan fingerprint density at radius 2 is 1.90 bits per heavy atom. The van der Waals surface area contributed by atoms with Crippen molar-refractivity contribution in [1.82, 2.24) is 20.2 Å². The molecule has 2 aliphatic rings. The van der Waals surface area contributed by atoms with Gasteiger partial charge in [-0.25, -0.2) is 9.97 Å². The Morgan fingerprint density at radius 3 is 2.50 bits per heavy atom. The second-order valence-corrected chi connectivity index (χ2v) is 9.78. The van der Waals surface area contributed by atoms with E-state index < -0.39 is 0 Å². The molecule has 1 saturated heterocycles. The molecule has 0 bridgehead atoms. The number of ether oxygens (including phenoxy) is 1. The molecule has 3 rings (SSSR count). The molecular weight excluding hydrogens is 378 g/mol. The van der Waals surface area contributed by atoms with Crippen LogP contribution < -0.4 is 10.2 Å². The molecule has 1 saturated carbocycles. The van der Waals surface area contributed by atoms with Crippen LogP contribution in [0.4, 0.5) is 5.82 Å². The van der Waals surface area contributed by atoms with Crippen molar-refractivity contribution in [3.05, 3.63) is 17.6 Å². The summed E-state index contributed by atoms with van der Waals surface area (Å²) in [4.78, 5) is 25.7. The third-order valence-corrected chi connectivity index (χ3v) is 6.08. The molecule has 0 aromatic carbocycles. The summed E-state index contributed by atoms with van der Waals surface area (Å²) in [7, 11) is 0. The van der Waals surface area contributed by atoms with Crippen LogP contribution in [0.25, 0.3) is 0 Å². The fourth-order valence-corrected chi connectivity index (χ4v) is 4.20. The van der Waals surface area contributed by atoms with Crippen LogP contribution in [0.1, 0.15) is 65.4 Å². The molecule has 1 aliphatic carbocycles. The maximum absolute atomic E-state index is 11.1. The fraction of sp³-hybridized carbons (Fsp3) is 0.783. The Hall–Kier alpha value is -1.73. The number of amides is 1. The van der Waals surface area contributed by atoms with Crippen molar-refractivity contribution >= 4 is 11.7 Å². The van der Waals surface area contributed by atoms with E-state index in [1.54, 1.807) is 6.92 Å². The van der Waals surface area contributed by atoms with E-state index in [9.17, 15) is 4.79 Å². The summed E-state index contributed by atoms with van der Waals surface area (Å²) >= 11 is 0. The molecular formula is C23H39N5O2. The van der Waals surface area contributed by atoms with Gasteiger partial charge in [0.1, 0.15) is 11.6 Å². The number of hydrogen-bond acceptors (Lipinski definition) is 6. The van der Waals surface area contributed by atoms with Crippen molar-refractivity contribution in [2.45, 2.75) is 71.9 Å². The quantitative estimate of drug-likeness (QED) is 0.701. The summed E-state index contributed by atoms with van der Waals surface area (Å²) in [6.07, 6.45) is 3.51. The number of hydrogen-bond donors (Lipinski definition) is 1. The normalized spacial score (nSPS) is 22.6. The summed E-state index contributed by atoms with van der Waals surface area (Å²) in [5.74, 6) is 2.77. The lowest BCUT2D eigenvalue weighted by Crippen LogP contribution is -2.48. The largest absolute Gasteiger partial charge is 0.375 e. The highest BCUT2D eigenvalue weighted by Crippen LogP contribution is 2.30. The summed E-state index contributed by atoms with van der Waals surface area (Å²) in [6, 6.07) is 2.50. The molecule has 1 amide bonds. The van der Waals surface area contributed by atoms with E-state index in [1.165, 1.54) is 6.42 Å². The van der Waals surface area contributed by atoms with Crippen molar-refractivity contribution in [2.24, 2.45) is 5.92 Å². The van der Waals surface area contributed by atoms with Gasteiger partial charge in [-0.3, -0.25) is 9.69 Å². The molecule has 1 aromatic rings. The number of rotatable bonds is 8. The molecule has 1 aliphatic heterocycles. The van der Waals surface area contributed by atoms with Crippen LogP contribution in [0, 0.1) is 5.92 Å². The van der Waals surface area contributed by atoms with E-state index >= 15 is 0 Å². The van der Waals surface area contributed by atoms with Gasteiger partial charge < -0.3 is 15.0 Å². The van der Waals surface area contributed by atoms with E-state index in [1.807, 2.05) is 6.92 Å². The van der Waals surface area contributed by atoms with Crippen LogP contribution in [0.2, 0.25) is 0 Å². The van der Waals surface area contributed by atoms with Gasteiger partial charge in [-0.15, -0.1) is 0 Å². The Kier molecular flexibility index (Phi) is 7.69. The molecule has 0 unspecified atom stereocenters. The first-order chi connectivity index (χ1) is 14.2. The smallest absolute Gasteiger partial charge is 0.217 e. The maximum atomic E-state index is 11.1. The van der Waals surface area contributed by atoms with Crippen LogP contribution in [-0.4, -0.2) is 66.1 Å². The topological polar surface area (TPSA) is 70.6 Å². The van der Waals surface area contributed by atoms with Crippen molar-refractivity contribution in [1.29, 1.82) is 0 Å². The molecule has 7 heteroatoms. The van der Waals surface area contributed by atoms with E-state index in [-0.39, 0.29) is 11.3 Å². The Balaban J connectivity index is 1.50. The Bertz CT molecular complexity index is 704. The highest BCUT2D eigenvalue weighted by atomic mass is 16.5. The number of piperazine rings is 1. The van der Waals surface area contributed by atoms with Gasteiger partial charge in [-0.1, -0.05) is 20.8 Å². The first-order valence-electron chi connectivity index (χ1n) is 11.4. The van der Waals surface area contributed by atoms with Crippen LogP contribution in [0.3, 0.4) is 0 Å². The number of aromatic nitrogens is 2. The number of anilines is 1. The molecule has 2 fully saturated rings. The predicted molar refractivity (Wildman–Crippen MR) is 120 cm³/mol. The van der Waals surface area contributed by atoms with Gasteiger partial charge in [-0.2, -0.15) is 0 Å². The van der Waals surface area contributed by atoms with Gasteiger partial charge in [0.15, 0.2) is 0 Å². The van der Waals surface area contributed by atoms with E-state index in [2.05, 4.69) is 42.0 Å². The first kappa shape index (κ1) is 22.9. The summed E-state index contributed by atoms with van der Waals surface area (Å²) in [5.41, 5.74) is 0.879. The zero-order valence-corrected chi connectivity index (χ0v) is 19.4. The molecule has 2 heterocycles. The van der Waals surface area contributed by atoms with Crippen LogP contribution in [-0.2, 0) is 21.6 Å². The minimum atomic E-state index is -0.0866. The monoisotopic (exact) mass is 417 g/mol. The average molecular weight is 418 g/mol. The molecule has 0 radical (unpaired) electrons. The third kappa shape index (κ3) is 6.38. The predicted octanol–water partition coefficient (Wildman–Crippen LogP) is 2.74. The maximum Gasteiger partial charge on any atom is 0.217 e. The lowest BCUT2D eigenvalue weighted by atomic mass is 9.78. The molecule has 0 spiro atoms. The van der Waals surface area contributed by atoms with Gasteiger partial charge in [0.05, 0.1) is 12.3 Å². The number of carbonyl (C=O) groups excluding carboxylic acids is 1. The summed E-state index contributed by atoms with van der Waals surface area (Å²) in [6.45, 7) is 16.6. The van der Waals surface area contributed by atoms with E-state index in [4.69, 9.17) is 14.7 Å². The highest BCUT2D eigenvalue weighted by molar-refractivity contribution is 5.73. The van der Waals surface area contributed by atoms with Crippen molar-refractivity contribution in [3.8, 4) is 0 Å². The van der Waals surface area contributed by atoms with Gasteiger partial charge in [0.2, 0.25) is 5.91 Å². The van der Waals surface area contributed by atoms with E-state index in [0.717, 1.165) is 68.8 Å². The Morgan fingerprint density at radius 1 is 1.20 bits per heavy atom. The first-order valence-corrected chi connectivity index (χ1v) is 11.4. The Labute approximate surface area is 181 Å². The standard InChI is InChI=1S/C23H39N5O2/c1-6-30-16-20-15-21(26-22(25-20)23(3,4)5)28-11-9-27(10-12-28)8-7-18-13-19(14-18)24-17(2)29/h15,18-19H,6-14,16H2,1-5H3,(H,24,29). The second kappa shape index (κ2) is 10.1.